The third kappa shape index (κ3) is 5.40. The van der Waals surface area contributed by atoms with Crippen LogP contribution in [-0.4, -0.2) is 43.1 Å². The zero-order chi connectivity index (χ0) is 11.1. The summed E-state index contributed by atoms with van der Waals surface area (Å²) in [5.41, 5.74) is 0. The number of carbonyl (C=O) groups is 2. The fourth-order valence-electron chi connectivity index (χ4n) is 0.715. The van der Waals surface area contributed by atoms with E-state index < -0.39 is 6.09 Å². The molecule has 5 heteroatoms. The minimum Gasteiger partial charge on any atom is -0.447 e. The third-order valence-electron chi connectivity index (χ3n) is 1.63. The molecule has 82 valence electrons. The molecule has 0 atom stereocenters. The molecule has 0 aromatic heterocycles. The molecule has 0 radical (unpaired) electrons. The molecule has 0 rings (SSSR count). The number of nitrogens with zero attached hydrogens (tertiary/aromatic N) is 1. The minimum atomic E-state index is -0.558. The van der Waals surface area contributed by atoms with Crippen LogP contribution in [0.4, 0.5) is 4.79 Å². The number of carbonyl (C=O) groups excluding carboxylic acids is 2. The molecule has 0 spiro atoms. The maximum atomic E-state index is 11.2. The molecule has 0 aromatic carbocycles. The maximum Gasteiger partial charge on any atom is 0.407 e. The standard InChI is InChI=1S/C9H18N2O3/c1-5-11(4)8(12)6-10-9(13)14-7(2)3/h7H,5-6H2,1-4H3,(H,10,13). The number of ether oxygens (including phenoxy) is 1. The predicted octanol–water partition coefficient (Wildman–Crippen LogP) is 0.599. The molecule has 5 nitrogen and oxygen atoms in total. The van der Waals surface area contributed by atoms with Crippen LogP contribution in [0.3, 0.4) is 0 Å². The molecule has 0 aliphatic carbocycles. The highest BCUT2D eigenvalue weighted by atomic mass is 16.6. The fourth-order valence-corrected chi connectivity index (χ4v) is 0.715. The van der Waals surface area contributed by atoms with Crippen molar-refractivity contribution in [2.24, 2.45) is 0 Å². The van der Waals surface area contributed by atoms with Crippen molar-refractivity contribution in [2.75, 3.05) is 20.1 Å². The molecular formula is C9H18N2O3. The molecule has 0 fully saturated rings. The zero-order valence-corrected chi connectivity index (χ0v) is 9.16. The number of alkyl carbamates (subject to hydrolysis) is 1. The van der Waals surface area contributed by atoms with Crippen LogP contribution in [0.25, 0.3) is 0 Å². The molecule has 1 N–H and O–H groups in total. The maximum absolute atomic E-state index is 11.2. The van der Waals surface area contributed by atoms with Gasteiger partial charge in [0.1, 0.15) is 6.54 Å². The van der Waals surface area contributed by atoms with Crippen molar-refractivity contribution >= 4 is 12.0 Å². The van der Waals surface area contributed by atoms with Gasteiger partial charge in [0.2, 0.25) is 5.91 Å². The summed E-state index contributed by atoms with van der Waals surface area (Å²) in [5.74, 6) is -0.131. The van der Waals surface area contributed by atoms with Gasteiger partial charge in [-0.3, -0.25) is 4.79 Å². The lowest BCUT2D eigenvalue weighted by Gasteiger charge is -2.15. The van der Waals surface area contributed by atoms with E-state index in [1.165, 1.54) is 4.90 Å². The normalized spacial score (nSPS) is 9.79. The Bertz CT molecular complexity index is 204. The first-order valence-electron chi connectivity index (χ1n) is 4.65. The van der Waals surface area contributed by atoms with Crippen molar-refractivity contribution in [3.8, 4) is 0 Å². The van der Waals surface area contributed by atoms with Gasteiger partial charge in [-0.05, 0) is 20.8 Å². The highest BCUT2D eigenvalue weighted by Crippen LogP contribution is 1.88. The van der Waals surface area contributed by atoms with Crippen LogP contribution in [0.1, 0.15) is 20.8 Å². The molecule has 0 aliphatic heterocycles. The van der Waals surface area contributed by atoms with Gasteiger partial charge in [0.05, 0.1) is 6.10 Å². The van der Waals surface area contributed by atoms with Gasteiger partial charge in [-0.1, -0.05) is 0 Å². The average Bonchev–Trinajstić information content (AvgIpc) is 2.11. The number of rotatable bonds is 4. The highest BCUT2D eigenvalue weighted by molar-refractivity contribution is 5.81. The van der Waals surface area contributed by atoms with Gasteiger partial charge >= 0.3 is 6.09 Å². The summed E-state index contributed by atoms with van der Waals surface area (Å²) in [6, 6.07) is 0. The van der Waals surface area contributed by atoms with E-state index in [4.69, 9.17) is 4.74 Å². The number of hydrogen-bond donors (Lipinski definition) is 1. The number of likely N-dealkylation sites (N-methyl/N-ethyl adjacent to an activating group) is 1. The van der Waals surface area contributed by atoms with Gasteiger partial charge in [-0.2, -0.15) is 0 Å². The van der Waals surface area contributed by atoms with Crippen LogP contribution in [0.5, 0.6) is 0 Å². The van der Waals surface area contributed by atoms with Gasteiger partial charge in [0.25, 0.3) is 0 Å². The van der Waals surface area contributed by atoms with Crippen molar-refractivity contribution in [2.45, 2.75) is 26.9 Å². The Hall–Kier alpha value is -1.26. The van der Waals surface area contributed by atoms with E-state index in [1.807, 2.05) is 6.92 Å². The summed E-state index contributed by atoms with van der Waals surface area (Å²) in [4.78, 5) is 23.7. The Balaban J connectivity index is 3.72. The molecular weight excluding hydrogens is 184 g/mol. The van der Waals surface area contributed by atoms with E-state index in [1.54, 1.807) is 20.9 Å². The lowest BCUT2D eigenvalue weighted by atomic mass is 10.5. The lowest BCUT2D eigenvalue weighted by molar-refractivity contribution is -0.128. The van der Waals surface area contributed by atoms with Crippen molar-refractivity contribution in [1.29, 1.82) is 0 Å². The van der Waals surface area contributed by atoms with E-state index in [9.17, 15) is 9.59 Å². The van der Waals surface area contributed by atoms with Gasteiger partial charge in [-0.25, -0.2) is 4.79 Å². The summed E-state index contributed by atoms with van der Waals surface area (Å²) in [6.07, 6.45) is -0.730. The quantitative estimate of drug-likeness (QED) is 0.726. The Morgan fingerprint density at radius 1 is 1.43 bits per heavy atom. The van der Waals surface area contributed by atoms with E-state index in [2.05, 4.69) is 5.32 Å². The molecule has 0 unspecified atom stereocenters. The van der Waals surface area contributed by atoms with Gasteiger partial charge < -0.3 is 15.0 Å². The van der Waals surface area contributed by atoms with Gasteiger partial charge in [-0.15, -0.1) is 0 Å². The molecule has 0 bridgehead atoms. The Morgan fingerprint density at radius 3 is 2.43 bits per heavy atom. The summed E-state index contributed by atoms with van der Waals surface area (Å²) < 4.78 is 4.79. The first kappa shape index (κ1) is 12.7. The predicted molar refractivity (Wildman–Crippen MR) is 52.9 cm³/mol. The van der Waals surface area contributed by atoms with Crippen LogP contribution >= 0.6 is 0 Å². The lowest BCUT2D eigenvalue weighted by Crippen LogP contribution is -2.38. The second kappa shape index (κ2) is 6.23. The molecule has 0 heterocycles. The molecule has 0 aromatic rings. The number of nitrogens with one attached hydrogen (secondary N) is 1. The van der Waals surface area contributed by atoms with E-state index in [0.717, 1.165) is 0 Å². The van der Waals surface area contributed by atoms with Gasteiger partial charge in [0.15, 0.2) is 0 Å². The summed E-state index contributed by atoms with van der Waals surface area (Å²) in [7, 11) is 1.68. The second-order valence-electron chi connectivity index (χ2n) is 3.22. The zero-order valence-electron chi connectivity index (χ0n) is 9.16. The Kier molecular flexibility index (Phi) is 5.67. The number of hydrogen-bond acceptors (Lipinski definition) is 3. The molecule has 14 heavy (non-hydrogen) atoms. The molecule has 0 aliphatic rings. The van der Waals surface area contributed by atoms with Crippen LogP contribution < -0.4 is 5.32 Å². The minimum absolute atomic E-state index is 0.0180. The Labute approximate surface area is 84.4 Å². The van der Waals surface area contributed by atoms with Crippen molar-refractivity contribution in [3.05, 3.63) is 0 Å². The average molecular weight is 202 g/mol. The van der Waals surface area contributed by atoms with Crippen molar-refractivity contribution in [1.82, 2.24) is 10.2 Å². The summed E-state index contributed by atoms with van der Waals surface area (Å²) in [5, 5.41) is 2.38. The van der Waals surface area contributed by atoms with Gasteiger partial charge in [0, 0.05) is 13.6 Å². The number of amides is 2. The van der Waals surface area contributed by atoms with Crippen LogP contribution in [0, 0.1) is 0 Å². The molecule has 2 amide bonds. The SMILES string of the molecule is CCN(C)C(=O)CNC(=O)OC(C)C. The topological polar surface area (TPSA) is 58.6 Å². The van der Waals surface area contributed by atoms with E-state index >= 15 is 0 Å². The van der Waals surface area contributed by atoms with Crippen LogP contribution in [-0.2, 0) is 9.53 Å². The first-order chi connectivity index (χ1) is 6.47. The monoisotopic (exact) mass is 202 g/mol. The van der Waals surface area contributed by atoms with Crippen molar-refractivity contribution < 1.29 is 14.3 Å². The Morgan fingerprint density at radius 2 is 2.00 bits per heavy atom. The van der Waals surface area contributed by atoms with E-state index in [-0.39, 0.29) is 18.6 Å². The van der Waals surface area contributed by atoms with Crippen LogP contribution in [0.2, 0.25) is 0 Å². The van der Waals surface area contributed by atoms with Crippen molar-refractivity contribution in [3.63, 3.8) is 0 Å². The van der Waals surface area contributed by atoms with E-state index in [0.29, 0.717) is 6.54 Å². The first-order valence-corrected chi connectivity index (χ1v) is 4.65. The fraction of sp³-hybridized carbons (Fsp3) is 0.778. The van der Waals surface area contributed by atoms with Crippen LogP contribution in [0.15, 0.2) is 0 Å². The molecule has 0 saturated heterocycles. The smallest absolute Gasteiger partial charge is 0.407 e. The highest BCUT2D eigenvalue weighted by Gasteiger charge is 2.09. The second-order valence-corrected chi connectivity index (χ2v) is 3.22. The summed E-state index contributed by atoms with van der Waals surface area (Å²) >= 11 is 0. The summed E-state index contributed by atoms with van der Waals surface area (Å²) in [6.45, 7) is 5.97. The molecule has 0 saturated carbocycles. The third-order valence-corrected chi connectivity index (χ3v) is 1.63. The largest absolute Gasteiger partial charge is 0.447 e.